The van der Waals surface area contributed by atoms with Crippen LogP contribution in [-0.4, -0.2) is 43.9 Å². The summed E-state index contributed by atoms with van der Waals surface area (Å²) >= 11 is 0. The topological polar surface area (TPSA) is 94.1 Å². The Hall–Kier alpha value is -3.29. The second-order valence-corrected chi connectivity index (χ2v) is 5.92. The number of hydrogen-bond donors (Lipinski definition) is 2. The van der Waals surface area contributed by atoms with Gasteiger partial charge in [-0.2, -0.15) is 0 Å². The van der Waals surface area contributed by atoms with E-state index in [-0.39, 0.29) is 24.6 Å². The number of methoxy groups -OCH3 is 2. The standard InChI is InChI=1S/C20H22FNO6/c1-26-16-9-13(10-17(11-16)27-2)3-8-19(23)22-12-18(20(24)25)28-15-6-4-14(21)5-7-15/h4-7,9-11,18H,3,8,12H2,1-2H3,(H,22,23)(H,24,25). The lowest BCUT2D eigenvalue weighted by Gasteiger charge is -2.16. The molecular weight excluding hydrogens is 369 g/mol. The third-order valence-corrected chi connectivity index (χ3v) is 3.90. The van der Waals surface area contributed by atoms with E-state index in [4.69, 9.17) is 14.2 Å². The van der Waals surface area contributed by atoms with E-state index in [1.54, 1.807) is 32.4 Å². The summed E-state index contributed by atoms with van der Waals surface area (Å²) in [5, 5.41) is 11.8. The van der Waals surface area contributed by atoms with Crippen LogP contribution in [0.4, 0.5) is 4.39 Å². The number of nitrogens with one attached hydrogen (secondary N) is 1. The van der Waals surface area contributed by atoms with E-state index in [2.05, 4.69) is 5.32 Å². The fourth-order valence-electron chi connectivity index (χ4n) is 2.42. The van der Waals surface area contributed by atoms with Crippen LogP contribution < -0.4 is 19.5 Å². The minimum Gasteiger partial charge on any atom is -0.497 e. The molecule has 28 heavy (non-hydrogen) atoms. The number of amides is 1. The fraction of sp³-hybridized carbons (Fsp3) is 0.300. The highest BCUT2D eigenvalue weighted by atomic mass is 19.1. The predicted octanol–water partition coefficient (Wildman–Crippen LogP) is 2.42. The van der Waals surface area contributed by atoms with Crippen molar-refractivity contribution < 1.29 is 33.3 Å². The van der Waals surface area contributed by atoms with Crippen LogP contribution in [0.5, 0.6) is 17.2 Å². The molecule has 0 aliphatic rings. The molecule has 0 aliphatic heterocycles. The Morgan fingerprint density at radius 2 is 1.64 bits per heavy atom. The first-order valence-corrected chi connectivity index (χ1v) is 8.55. The van der Waals surface area contributed by atoms with Crippen molar-refractivity contribution in [3.05, 3.63) is 53.8 Å². The van der Waals surface area contributed by atoms with Crippen molar-refractivity contribution in [2.45, 2.75) is 18.9 Å². The second kappa shape index (κ2) is 10.1. The number of carboxylic acids is 1. The molecule has 150 valence electrons. The molecule has 0 radical (unpaired) electrons. The zero-order valence-electron chi connectivity index (χ0n) is 15.6. The maximum atomic E-state index is 12.9. The van der Waals surface area contributed by atoms with Crippen LogP contribution in [0.3, 0.4) is 0 Å². The third-order valence-electron chi connectivity index (χ3n) is 3.90. The largest absolute Gasteiger partial charge is 0.497 e. The van der Waals surface area contributed by atoms with Gasteiger partial charge in [-0.05, 0) is 48.4 Å². The summed E-state index contributed by atoms with van der Waals surface area (Å²) in [7, 11) is 3.08. The summed E-state index contributed by atoms with van der Waals surface area (Å²) in [6, 6.07) is 10.3. The maximum Gasteiger partial charge on any atom is 0.346 e. The second-order valence-electron chi connectivity index (χ2n) is 5.92. The van der Waals surface area contributed by atoms with Gasteiger partial charge in [0.1, 0.15) is 23.1 Å². The highest BCUT2D eigenvalue weighted by molar-refractivity contribution is 5.78. The van der Waals surface area contributed by atoms with Crippen LogP contribution in [-0.2, 0) is 16.0 Å². The van der Waals surface area contributed by atoms with E-state index in [1.807, 2.05) is 0 Å². The summed E-state index contributed by atoms with van der Waals surface area (Å²) < 4.78 is 28.6. The lowest BCUT2D eigenvalue weighted by molar-refractivity contribution is -0.145. The van der Waals surface area contributed by atoms with E-state index in [9.17, 15) is 19.1 Å². The Labute approximate surface area is 162 Å². The van der Waals surface area contributed by atoms with E-state index < -0.39 is 17.9 Å². The van der Waals surface area contributed by atoms with Crippen molar-refractivity contribution in [1.29, 1.82) is 0 Å². The molecule has 1 unspecified atom stereocenters. The van der Waals surface area contributed by atoms with Crippen molar-refractivity contribution in [1.82, 2.24) is 5.32 Å². The molecular formula is C20H22FNO6. The molecule has 2 rings (SSSR count). The molecule has 2 N–H and O–H groups in total. The van der Waals surface area contributed by atoms with E-state index in [0.717, 1.165) is 17.7 Å². The van der Waals surface area contributed by atoms with Gasteiger partial charge in [0.15, 0.2) is 0 Å². The zero-order valence-corrected chi connectivity index (χ0v) is 15.6. The van der Waals surface area contributed by atoms with Crippen molar-refractivity contribution in [3.63, 3.8) is 0 Å². The zero-order chi connectivity index (χ0) is 20.5. The number of benzene rings is 2. The minimum absolute atomic E-state index is 0.152. The Morgan fingerprint density at radius 1 is 1.04 bits per heavy atom. The first kappa shape index (κ1) is 21.0. The number of carbonyl (C=O) groups excluding carboxylic acids is 1. The lowest BCUT2D eigenvalue weighted by Crippen LogP contribution is -2.40. The van der Waals surface area contributed by atoms with Crippen LogP contribution in [0.1, 0.15) is 12.0 Å². The van der Waals surface area contributed by atoms with E-state index in [1.165, 1.54) is 12.1 Å². The molecule has 0 heterocycles. The Balaban J connectivity index is 1.87. The highest BCUT2D eigenvalue weighted by Crippen LogP contribution is 2.23. The van der Waals surface area contributed by atoms with Gasteiger partial charge in [-0.15, -0.1) is 0 Å². The van der Waals surface area contributed by atoms with Gasteiger partial charge < -0.3 is 24.6 Å². The SMILES string of the molecule is COc1cc(CCC(=O)NCC(Oc2ccc(F)cc2)C(=O)O)cc(OC)c1. The number of rotatable bonds is 10. The number of carbonyl (C=O) groups is 2. The minimum atomic E-state index is -1.29. The summed E-state index contributed by atoms with van der Waals surface area (Å²) in [4.78, 5) is 23.4. The molecule has 0 spiro atoms. The molecule has 8 heteroatoms. The first-order valence-electron chi connectivity index (χ1n) is 8.55. The first-order chi connectivity index (χ1) is 13.4. The van der Waals surface area contributed by atoms with E-state index >= 15 is 0 Å². The molecule has 0 saturated heterocycles. The number of carboxylic acid groups (broad SMARTS) is 1. The van der Waals surface area contributed by atoms with Gasteiger partial charge in [0.05, 0.1) is 20.8 Å². The summed E-state index contributed by atoms with van der Waals surface area (Å²) in [5.41, 5.74) is 0.851. The van der Waals surface area contributed by atoms with Gasteiger partial charge in [0.25, 0.3) is 0 Å². The number of halogens is 1. The molecule has 7 nitrogen and oxygen atoms in total. The summed E-state index contributed by atoms with van der Waals surface area (Å²) in [6.45, 7) is -0.215. The third kappa shape index (κ3) is 6.46. The van der Waals surface area contributed by atoms with Crippen molar-refractivity contribution in [3.8, 4) is 17.2 Å². The molecule has 1 amide bonds. The van der Waals surface area contributed by atoms with Crippen LogP contribution in [0.25, 0.3) is 0 Å². The smallest absolute Gasteiger partial charge is 0.346 e. The van der Waals surface area contributed by atoms with Crippen LogP contribution in [0, 0.1) is 5.82 Å². The average Bonchev–Trinajstić information content (AvgIpc) is 2.70. The van der Waals surface area contributed by atoms with Crippen LogP contribution in [0.2, 0.25) is 0 Å². The number of hydrogen-bond acceptors (Lipinski definition) is 5. The monoisotopic (exact) mass is 391 g/mol. The fourth-order valence-corrected chi connectivity index (χ4v) is 2.42. The van der Waals surface area contributed by atoms with Gasteiger partial charge in [0, 0.05) is 12.5 Å². The highest BCUT2D eigenvalue weighted by Gasteiger charge is 2.20. The Kier molecular flexibility index (Phi) is 7.62. The molecule has 0 saturated carbocycles. The molecule has 0 fully saturated rings. The normalized spacial score (nSPS) is 11.4. The van der Waals surface area contributed by atoms with Gasteiger partial charge in [-0.25, -0.2) is 9.18 Å². The number of aryl methyl sites for hydroxylation is 1. The average molecular weight is 391 g/mol. The predicted molar refractivity (Wildman–Crippen MR) is 99.3 cm³/mol. The maximum absolute atomic E-state index is 12.9. The molecule has 0 aromatic heterocycles. The van der Waals surface area contributed by atoms with Gasteiger partial charge in [-0.1, -0.05) is 0 Å². The summed E-state index contributed by atoms with van der Waals surface area (Å²) in [5.74, 6) is -0.576. The van der Waals surface area contributed by atoms with Gasteiger partial charge in [0.2, 0.25) is 12.0 Å². The van der Waals surface area contributed by atoms with Crippen molar-refractivity contribution in [2.24, 2.45) is 0 Å². The summed E-state index contributed by atoms with van der Waals surface area (Å²) in [6.07, 6.45) is -0.707. The van der Waals surface area contributed by atoms with Crippen molar-refractivity contribution in [2.75, 3.05) is 20.8 Å². The van der Waals surface area contributed by atoms with Gasteiger partial charge >= 0.3 is 5.97 Å². The molecule has 0 bridgehead atoms. The van der Waals surface area contributed by atoms with Crippen molar-refractivity contribution >= 4 is 11.9 Å². The Bertz CT molecular complexity index is 787. The van der Waals surface area contributed by atoms with Crippen LogP contribution in [0.15, 0.2) is 42.5 Å². The molecule has 1 atom stereocenters. The molecule has 0 aliphatic carbocycles. The van der Waals surface area contributed by atoms with Gasteiger partial charge in [-0.3, -0.25) is 4.79 Å². The molecule has 2 aromatic carbocycles. The Morgan fingerprint density at radius 3 is 2.18 bits per heavy atom. The van der Waals surface area contributed by atoms with E-state index in [0.29, 0.717) is 17.9 Å². The quantitative estimate of drug-likeness (QED) is 0.646. The lowest BCUT2D eigenvalue weighted by atomic mass is 10.1. The number of aliphatic carboxylic acids is 1. The van der Waals surface area contributed by atoms with Crippen LogP contribution >= 0.6 is 0 Å². The number of ether oxygens (including phenoxy) is 3. The molecule has 2 aromatic rings.